The summed E-state index contributed by atoms with van der Waals surface area (Å²) in [7, 11) is 4.07. The molecule has 4 aromatic rings. The fourth-order valence-electron chi connectivity index (χ4n) is 3.53. The van der Waals surface area contributed by atoms with Crippen molar-refractivity contribution >= 4 is 5.65 Å². The lowest BCUT2D eigenvalue weighted by molar-refractivity contribution is 0.174. The first-order chi connectivity index (χ1) is 15.2. The van der Waals surface area contributed by atoms with E-state index in [2.05, 4.69) is 17.0 Å². The van der Waals surface area contributed by atoms with Gasteiger partial charge in [0.05, 0.1) is 5.69 Å². The van der Waals surface area contributed by atoms with E-state index in [0.717, 1.165) is 52.1 Å². The Balaban J connectivity index is 1.35. The second-order valence-corrected chi connectivity index (χ2v) is 7.75. The Bertz CT molecular complexity index is 1200. The lowest BCUT2D eigenvalue weighted by atomic mass is 10.1. The molecule has 0 saturated heterocycles. The van der Waals surface area contributed by atoms with Gasteiger partial charge in [0, 0.05) is 18.5 Å². The first kappa shape index (κ1) is 19.4. The molecule has 5 rings (SSSR count). The van der Waals surface area contributed by atoms with Gasteiger partial charge in [-0.1, -0.05) is 18.2 Å². The first-order valence-corrected chi connectivity index (χ1v) is 10.3. The van der Waals surface area contributed by atoms with Crippen molar-refractivity contribution in [2.75, 3.05) is 34.0 Å². The van der Waals surface area contributed by atoms with Crippen molar-refractivity contribution in [2.45, 2.75) is 6.42 Å². The topological polar surface area (TPSA) is 61.1 Å². The van der Waals surface area contributed by atoms with E-state index in [4.69, 9.17) is 24.3 Å². The third-order valence-corrected chi connectivity index (χ3v) is 5.16. The minimum Gasteiger partial charge on any atom is -0.492 e. The zero-order valence-electron chi connectivity index (χ0n) is 17.6. The smallest absolute Gasteiger partial charge is 0.231 e. The van der Waals surface area contributed by atoms with E-state index in [1.54, 1.807) is 0 Å². The Morgan fingerprint density at radius 3 is 2.68 bits per heavy atom. The normalized spacial score (nSPS) is 12.6. The van der Waals surface area contributed by atoms with Crippen molar-refractivity contribution in [1.82, 2.24) is 19.5 Å². The number of hydrogen-bond acceptors (Lipinski definition) is 6. The minimum atomic E-state index is 0.260. The molecule has 158 valence electrons. The second-order valence-electron chi connectivity index (χ2n) is 7.75. The molecule has 2 aromatic heterocycles. The number of benzene rings is 2. The summed E-state index contributed by atoms with van der Waals surface area (Å²) in [4.78, 5) is 6.82. The summed E-state index contributed by atoms with van der Waals surface area (Å²) in [6.45, 7) is 1.82. The molecule has 31 heavy (non-hydrogen) atoms. The Morgan fingerprint density at radius 1 is 1.00 bits per heavy atom. The molecular formula is C24H24N4O3. The number of pyridine rings is 1. The average molecular weight is 416 g/mol. The van der Waals surface area contributed by atoms with Crippen LogP contribution in [0.15, 0.2) is 60.7 Å². The molecule has 7 nitrogen and oxygen atoms in total. The summed E-state index contributed by atoms with van der Waals surface area (Å²) in [5.41, 5.74) is 3.92. The Kier molecular flexibility index (Phi) is 5.18. The van der Waals surface area contributed by atoms with Crippen molar-refractivity contribution in [3.05, 3.63) is 72.1 Å². The van der Waals surface area contributed by atoms with Gasteiger partial charge >= 0.3 is 0 Å². The number of fused-ring (bicyclic) bond motifs is 2. The Labute approximate surface area is 180 Å². The number of aromatic nitrogens is 3. The highest BCUT2D eigenvalue weighted by molar-refractivity contribution is 5.67. The molecule has 0 atom stereocenters. The largest absolute Gasteiger partial charge is 0.492 e. The van der Waals surface area contributed by atoms with E-state index < -0.39 is 0 Å². The number of likely N-dealkylation sites (N-methyl/N-ethyl adjacent to an activating group) is 1. The number of hydrogen-bond donors (Lipinski definition) is 0. The second kappa shape index (κ2) is 8.28. The molecule has 7 heteroatoms. The summed E-state index contributed by atoms with van der Waals surface area (Å²) < 4.78 is 18.6. The number of ether oxygens (including phenoxy) is 3. The van der Waals surface area contributed by atoms with E-state index in [9.17, 15) is 0 Å². The van der Waals surface area contributed by atoms with Crippen LogP contribution in [0.25, 0.3) is 16.9 Å². The Hall–Kier alpha value is -3.58. The van der Waals surface area contributed by atoms with Gasteiger partial charge in [0.25, 0.3) is 0 Å². The summed E-state index contributed by atoms with van der Waals surface area (Å²) in [5, 5.41) is 4.77. The van der Waals surface area contributed by atoms with E-state index in [1.165, 1.54) is 0 Å². The molecule has 1 aliphatic heterocycles. The van der Waals surface area contributed by atoms with Crippen molar-refractivity contribution in [1.29, 1.82) is 0 Å². The lowest BCUT2D eigenvalue weighted by Crippen LogP contribution is -2.19. The van der Waals surface area contributed by atoms with E-state index in [-0.39, 0.29) is 6.79 Å². The maximum Gasteiger partial charge on any atom is 0.231 e. The maximum absolute atomic E-state index is 5.77. The summed E-state index contributed by atoms with van der Waals surface area (Å²) in [6.07, 6.45) is 0.653. The fourth-order valence-corrected chi connectivity index (χ4v) is 3.53. The van der Waals surface area contributed by atoms with Crippen LogP contribution in [0.5, 0.6) is 17.2 Å². The molecule has 3 heterocycles. The van der Waals surface area contributed by atoms with Crippen LogP contribution in [0, 0.1) is 0 Å². The summed E-state index contributed by atoms with van der Waals surface area (Å²) in [5.74, 6) is 3.17. The third-order valence-electron chi connectivity index (χ3n) is 5.16. The molecule has 0 N–H and O–H groups in total. The summed E-state index contributed by atoms with van der Waals surface area (Å²) in [6, 6.07) is 20.0. The van der Waals surface area contributed by atoms with Crippen LogP contribution in [0.2, 0.25) is 0 Å². The molecule has 0 bridgehead atoms. The van der Waals surface area contributed by atoms with Gasteiger partial charge in [0.1, 0.15) is 12.4 Å². The van der Waals surface area contributed by atoms with Gasteiger partial charge in [-0.05, 0) is 62.1 Å². The van der Waals surface area contributed by atoms with Crippen LogP contribution in [0.4, 0.5) is 0 Å². The van der Waals surface area contributed by atoms with Gasteiger partial charge < -0.3 is 19.1 Å². The van der Waals surface area contributed by atoms with Gasteiger partial charge in [-0.3, -0.25) is 0 Å². The lowest BCUT2D eigenvalue weighted by Gasteiger charge is -2.11. The quantitative estimate of drug-likeness (QED) is 0.458. The summed E-state index contributed by atoms with van der Waals surface area (Å²) >= 11 is 0. The fraction of sp³-hybridized carbons (Fsp3) is 0.250. The SMILES string of the molecule is CN(C)CCOc1ccc(Cc2nc3cccc(-c4ccc5c(c4)OCO5)n3n2)cc1. The molecule has 0 fully saturated rings. The van der Waals surface area contributed by atoms with Gasteiger partial charge in [0.2, 0.25) is 6.79 Å². The minimum absolute atomic E-state index is 0.260. The highest BCUT2D eigenvalue weighted by Gasteiger charge is 2.16. The molecule has 0 spiro atoms. The van der Waals surface area contributed by atoms with Crippen LogP contribution < -0.4 is 14.2 Å². The molecule has 0 unspecified atom stereocenters. The molecular weight excluding hydrogens is 392 g/mol. The Morgan fingerprint density at radius 2 is 1.84 bits per heavy atom. The molecule has 0 aliphatic carbocycles. The van der Waals surface area contributed by atoms with Crippen molar-refractivity contribution in [3.8, 4) is 28.5 Å². The molecule has 0 saturated carbocycles. The molecule has 0 radical (unpaired) electrons. The molecule has 1 aliphatic rings. The zero-order chi connectivity index (χ0) is 21.2. The van der Waals surface area contributed by atoms with Crippen LogP contribution in [-0.2, 0) is 6.42 Å². The van der Waals surface area contributed by atoms with Crippen LogP contribution in [0.1, 0.15) is 11.4 Å². The van der Waals surface area contributed by atoms with Crippen LogP contribution >= 0.6 is 0 Å². The number of nitrogens with zero attached hydrogens (tertiary/aromatic N) is 4. The monoisotopic (exact) mass is 416 g/mol. The van der Waals surface area contributed by atoms with Gasteiger partial charge in [0.15, 0.2) is 23.0 Å². The van der Waals surface area contributed by atoms with Gasteiger partial charge in [-0.2, -0.15) is 5.10 Å². The number of rotatable bonds is 7. The van der Waals surface area contributed by atoms with Crippen LogP contribution in [-0.4, -0.2) is 53.5 Å². The zero-order valence-corrected chi connectivity index (χ0v) is 17.6. The van der Waals surface area contributed by atoms with Crippen LogP contribution in [0.3, 0.4) is 0 Å². The molecule has 0 amide bonds. The maximum atomic E-state index is 5.77. The predicted molar refractivity (Wildman–Crippen MR) is 118 cm³/mol. The van der Waals surface area contributed by atoms with E-state index in [0.29, 0.717) is 13.0 Å². The highest BCUT2D eigenvalue weighted by atomic mass is 16.7. The van der Waals surface area contributed by atoms with Gasteiger partial charge in [-0.25, -0.2) is 9.50 Å². The standard InChI is InChI=1S/C24H24N4O3/c1-27(2)12-13-29-19-9-6-17(7-10-19)14-23-25-24-5-3-4-20(28(24)26-23)18-8-11-21-22(15-18)31-16-30-21/h3-11,15H,12-14,16H2,1-2H3. The average Bonchev–Trinajstić information content (AvgIpc) is 3.40. The third kappa shape index (κ3) is 4.18. The predicted octanol–water partition coefficient (Wildman–Crippen LogP) is 3.66. The highest BCUT2D eigenvalue weighted by Crippen LogP contribution is 2.35. The van der Waals surface area contributed by atoms with Crippen molar-refractivity contribution < 1.29 is 14.2 Å². The first-order valence-electron chi connectivity index (χ1n) is 10.3. The molecule has 2 aromatic carbocycles. The van der Waals surface area contributed by atoms with E-state index >= 15 is 0 Å². The van der Waals surface area contributed by atoms with Crippen molar-refractivity contribution in [2.24, 2.45) is 0 Å². The van der Waals surface area contributed by atoms with E-state index in [1.807, 2.05) is 67.1 Å². The van der Waals surface area contributed by atoms with Gasteiger partial charge in [-0.15, -0.1) is 0 Å². The van der Waals surface area contributed by atoms with Crippen molar-refractivity contribution in [3.63, 3.8) is 0 Å².